The van der Waals surface area contributed by atoms with Crippen LogP contribution in [0.15, 0.2) is 78.9 Å². The Bertz CT molecular complexity index is 1190. The summed E-state index contributed by atoms with van der Waals surface area (Å²) in [6.45, 7) is 3.82. The van der Waals surface area contributed by atoms with Crippen molar-refractivity contribution < 1.29 is 14.0 Å². The summed E-state index contributed by atoms with van der Waals surface area (Å²) in [4.78, 5) is 29.9. The predicted octanol–water partition coefficient (Wildman–Crippen LogP) is 5.04. The molecule has 0 radical (unpaired) electrons. The molecule has 7 heteroatoms. The van der Waals surface area contributed by atoms with Gasteiger partial charge in [0, 0.05) is 38.3 Å². The Balaban J connectivity index is 1.19. The van der Waals surface area contributed by atoms with Crippen LogP contribution in [0.1, 0.15) is 38.7 Å². The van der Waals surface area contributed by atoms with Gasteiger partial charge in [-0.05, 0) is 48.1 Å². The highest BCUT2D eigenvalue weighted by atomic mass is 35.5. The molecule has 3 atom stereocenters. The van der Waals surface area contributed by atoms with Crippen LogP contribution in [0, 0.1) is 17.7 Å². The van der Waals surface area contributed by atoms with Gasteiger partial charge in [0.1, 0.15) is 5.82 Å². The summed E-state index contributed by atoms with van der Waals surface area (Å²) in [6, 6.07) is 23.6. The van der Waals surface area contributed by atoms with Gasteiger partial charge in [0.2, 0.25) is 0 Å². The van der Waals surface area contributed by atoms with Crippen molar-refractivity contribution in [2.45, 2.75) is 12.5 Å². The average Bonchev–Trinajstić information content (AvgIpc) is 3.46. The molecular weight excluding hydrogens is 477 g/mol. The largest absolute Gasteiger partial charge is 0.345 e. The van der Waals surface area contributed by atoms with E-state index in [1.165, 1.54) is 12.1 Å². The minimum absolute atomic E-state index is 0.0316. The molecule has 2 heterocycles. The third-order valence-corrected chi connectivity index (χ3v) is 7.62. The van der Waals surface area contributed by atoms with Crippen molar-refractivity contribution in [1.82, 2.24) is 15.1 Å². The van der Waals surface area contributed by atoms with Crippen LogP contribution in [0.3, 0.4) is 0 Å². The van der Waals surface area contributed by atoms with Crippen molar-refractivity contribution in [2.75, 3.05) is 32.7 Å². The number of benzene rings is 3. The molecule has 3 aromatic carbocycles. The molecule has 5 rings (SSSR count). The highest BCUT2D eigenvalue weighted by Gasteiger charge is 2.42. The van der Waals surface area contributed by atoms with Crippen LogP contribution in [0.5, 0.6) is 0 Å². The number of halogens is 2. The predicted molar refractivity (Wildman–Crippen MR) is 138 cm³/mol. The second-order valence-corrected chi connectivity index (χ2v) is 10.1. The molecule has 0 saturated carbocycles. The summed E-state index contributed by atoms with van der Waals surface area (Å²) in [5.41, 5.74) is 1.70. The van der Waals surface area contributed by atoms with Crippen LogP contribution in [-0.2, 0) is 0 Å². The fraction of sp³-hybridized carbons (Fsp3) is 0.310. The molecule has 0 spiro atoms. The van der Waals surface area contributed by atoms with E-state index in [0.717, 1.165) is 31.6 Å². The van der Waals surface area contributed by atoms with Crippen molar-refractivity contribution in [3.8, 4) is 0 Å². The summed E-state index contributed by atoms with van der Waals surface area (Å²) in [5.74, 6) is -0.270. The van der Waals surface area contributed by atoms with Crippen LogP contribution in [0.4, 0.5) is 4.39 Å². The number of likely N-dealkylation sites (tertiary alicyclic amines) is 2. The zero-order chi connectivity index (χ0) is 25.1. The quantitative estimate of drug-likeness (QED) is 0.489. The smallest absolute Gasteiger partial charge is 0.258 e. The third-order valence-electron chi connectivity index (χ3n) is 7.30. The van der Waals surface area contributed by atoms with Crippen LogP contribution >= 0.6 is 11.6 Å². The van der Waals surface area contributed by atoms with Gasteiger partial charge < -0.3 is 15.1 Å². The molecule has 2 unspecified atom stereocenters. The van der Waals surface area contributed by atoms with Gasteiger partial charge in [0.25, 0.3) is 11.8 Å². The van der Waals surface area contributed by atoms with Gasteiger partial charge in [0.15, 0.2) is 0 Å². The summed E-state index contributed by atoms with van der Waals surface area (Å²) in [7, 11) is 0. The molecule has 2 amide bonds. The minimum atomic E-state index is -0.573. The Morgan fingerprint density at radius 3 is 2.17 bits per heavy atom. The SMILES string of the molecule is O=C(NC(CCN1CC2CN(C(=O)c3c(F)cccc3Cl)C[C@@H]2C1)c1ccccc1)c1ccccc1. The van der Waals surface area contributed by atoms with Gasteiger partial charge in [0.05, 0.1) is 16.6 Å². The summed E-state index contributed by atoms with van der Waals surface area (Å²) >= 11 is 6.12. The molecule has 2 fully saturated rings. The molecule has 2 saturated heterocycles. The third kappa shape index (κ3) is 5.30. The van der Waals surface area contributed by atoms with E-state index in [4.69, 9.17) is 11.6 Å². The molecule has 5 nitrogen and oxygen atoms in total. The Labute approximate surface area is 215 Å². The first-order valence-electron chi connectivity index (χ1n) is 12.4. The summed E-state index contributed by atoms with van der Waals surface area (Å²) in [6.07, 6.45) is 0.787. The maximum atomic E-state index is 14.3. The van der Waals surface area contributed by atoms with Crippen molar-refractivity contribution in [3.63, 3.8) is 0 Å². The van der Waals surface area contributed by atoms with E-state index >= 15 is 0 Å². The molecule has 186 valence electrons. The molecule has 36 heavy (non-hydrogen) atoms. The lowest BCUT2D eigenvalue weighted by Crippen LogP contribution is -2.35. The van der Waals surface area contributed by atoms with E-state index in [-0.39, 0.29) is 28.4 Å². The number of amides is 2. The molecule has 1 N–H and O–H groups in total. The van der Waals surface area contributed by atoms with E-state index in [1.54, 1.807) is 11.0 Å². The van der Waals surface area contributed by atoms with E-state index in [0.29, 0.717) is 30.5 Å². The van der Waals surface area contributed by atoms with E-state index < -0.39 is 5.82 Å². The second-order valence-electron chi connectivity index (χ2n) is 9.68. The number of nitrogens with zero attached hydrogens (tertiary/aromatic N) is 2. The lowest BCUT2D eigenvalue weighted by atomic mass is 10.0. The molecule has 0 bridgehead atoms. The maximum absolute atomic E-state index is 14.3. The number of carbonyl (C=O) groups is 2. The molecule has 3 aromatic rings. The van der Waals surface area contributed by atoms with Crippen molar-refractivity contribution in [1.29, 1.82) is 0 Å². The monoisotopic (exact) mass is 505 g/mol. The van der Waals surface area contributed by atoms with Gasteiger partial charge in [-0.1, -0.05) is 66.2 Å². The van der Waals surface area contributed by atoms with Crippen LogP contribution in [0.2, 0.25) is 5.02 Å². The maximum Gasteiger partial charge on any atom is 0.258 e. The van der Waals surface area contributed by atoms with E-state index in [1.807, 2.05) is 60.7 Å². The molecule has 0 aliphatic carbocycles. The van der Waals surface area contributed by atoms with Gasteiger partial charge in [-0.25, -0.2) is 4.39 Å². The summed E-state index contributed by atoms with van der Waals surface area (Å²) in [5, 5.41) is 3.36. The Hall–Kier alpha value is -3.22. The van der Waals surface area contributed by atoms with E-state index in [9.17, 15) is 14.0 Å². The van der Waals surface area contributed by atoms with Crippen molar-refractivity contribution in [3.05, 3.63) is 106 Å². The Morgan fingerprint density at radius 1 is 0.889 bits per heavy atom. The Morgan fingerprint density at radius 2 is 1.53 bits per heavy atom. The highest BCUT2D eigenvalue weighted by molar-refractivity contribution is 6.33. The standard InChI is InChI=1S/C29H29ClFN3O2/c30-24-12-7-13-25(31)27(24)29(36)34-18-22-16-33(17-23(22)19-34)15-14-26(20-8-3-1-4-9-20)32-28(35)21-10-5-2-6-11-21/h1-13,22-23,26H,14-19H2,(H,32,35)/t22-,23?,26?/m0/s1. The van der Waals surface area contributed by atoms with Gasteiger partial charge in [-0.3, -0.25) is 9.59 Å². The van der Waals surface area contributed by atoms with Crippen LogP contribution < -0.4 is 5.32 Å². The number of rotatable bonds is 7. The normalized spacial score (nSPS) is 20.2. The van der Waals surface area contributed by atoms with Crippen molar-refractivity contribution in [2.24, 2.45) is 11.8 Å². The fourth-order valence-corrected chi connectivity index (χ4v) is 5.69. The van der Waals surface area contributed by atoms with Crippen LogP contribution in [-0.4, -0.2) is 54.3 Å². The molecular formula is C29H29ClFN3O2. The molecule has 0 aromatic heterocycles. The first-order valence-corrected chi connectivity index (χ1v) is 12.7. The number of fused-ring (bicyclic) bond motifs is 1. The zero-order valence-electron chi connectivity index (χ0n) is 19.9. The van der Waals surface area contributed by atoms with Crippen LogP contribution in [0.25, 0.3) is 0 Å². The fourth-order valence-electron chi connectivity index (χ4n) is 5.45. The first-order chi connectivity index (χ1) is 17.5. The topological polar surface area (TPSA) is 52.7 Å². The minimum Gasteiger partial charge on any atom is -0.345 e. The zero-order valence-corrected chi connectivity index (χ0v) is 20.7. The highest BCUT2D eigenvalue weighted by Crippen LogP contribution is 2.33. The van der Waals surface area contributed by atoms with Gasteiger partial charge in [-0.2, -0.15) is 0 Å². The first kappa shape index (κ1) is 24.5. The number of carbonyl (C=O) groups excluding carboxylic acids is 2. The van der Waals surface area contributed by atoms with Crippen molar-refractivity contribution >= 4 is 23.4 Å². The number of nitrogens with one attached hydrogen (secondary N) is 1. The average molecular weight is 506 g/mol. The summed E-state index contributed by atoms with van der Waals surface area (Å²) < 4.78 is 14.3. The lowest BCUT2D eigenvalue weighted by molar-refractivity contribution is 0.0769. The number of hydrogen-bond acceptors (Lipinski definition) is 3. The van der Waals surface area contributed by atoms with E-state index in [2.05, 4.69) is 10.2 Å². The Kier molecular flexibility index (Phi) is 7.35. The van der Waals surface area contributed by atoms with Gasteiger partial charge in [-0.15, -0.1) is 0 Å². The number of hydrogen-bond donors (Lipinski definition) is 1. The molecule has 2 aliphatic heterocycles. The second kappa shape index (κ2) is 10.8. The molecule has 2 aliphatic rings. The van der Waals surface area contributed by atoms with Gasteiger partial charge >= 0.3 is 0 Å². The lowest BCUT2D eigenvalue weighted by Gasteiger charge is -2.25.